The Morgan fingerprint density at radius 1 is 0.747 bits per heavy atom. The lowest BCUT2D eigenvalue weighted by Gasteiger charge is -2.29. The number of amides is 8. The number of benzene rings is 3. The monoisotopic (exact) mass is 1130 g/mol. The molecule has 23 nitrogen and oxygen atoms in total. The van der Waals surface area contributed by atoms with E-state index >= 15 is 0 Å². The molecular weight excluding hydrogens is 1060 g/mol. The summed E-state index contributed by atoms with van der Waals surface area (Å²) < 4.78 is 5.32. The maximum absolute atomic E-state index is 14.9. The Morgan fingerprint density at radius 3 is 2.03 bits per heavy atom. The number of nitrogens with one attached hydrogen (secondary N) is 9. The standard InChI is InChI=1S/C54H74N10O13S2/c1-30(66)42(27-65)61-51(74)44-29-79-78-28-43(62-46(69)37(55)23-32-13-7-6-8-14-32)50(73)59-40(24-33-18-20-35(68)21-19-33)48(71)60-41(25-34-26-57-38-16-10-9-15-36(34)38)49(72)58-39(47(70)64-45(31(2)67)52(75)63-44)17-11-12-22-56-53(76)77-54(3,4)5/h6-10,13-16,18-21,26,30-31,37,39-45,57,65-68H,11-12,17,22-25,27-29,55H2,1-5H3,(H,56,76)(H,58,72)(H,59,73)(H,60,71)(H,61,74)(H,62,69)(H,63,75)(H,64,70)/t30-,31-,37-,39+,40-,41-,42-,43+,44+,45+/m1/s1. The fourth-order valence-electron chi connectivity index (χ4n) is 8.23. The molecule has 4 aromatic rings. The molecular formula is C54H74N10O13S2. The van der Waals surface area contributed by atoms with Crippen LogP contribution >= 0.6 is 21.6 Å². The maximum Gasteiger partial charge on any atom is 0.407 e. The third-order valence-corrected chi connectivity index (χ3v) is 15.0. The molecule has 8 amide bonds. The number of unbranched alkanes of at least 4 members (excludes halogenated alkanes) is 1. The number of ether oxygens (including phenoxy) is 1. The lowest BCUT2D eigenvalue weighted by molar-refractivity contribution is -0.136. The van der Waals surface area contributed by atoms with Gasteiger partial charge in [0.15, 0.2) is 0 Å². The number of hydrogen-bond donors (Lipinski definition) is 14. The van der Waals surface area contributed by atoms with Gasteiger partial charge in [-0.1, -0.05) is 82.3 Å². The van der Waals surface area contributed by atoms with Crippen molar-refractivity contribution in [3.05, 3.63) is 102 Å². The van der Waals surface area contributed by atoms with Gasteiger partial charge in [0.05, 0.1) is 30.9 Å². The van der Waals surface area contributed by atoms with Crippen LogP contribution in [0.15, 0.2) is 85.1 Å². The van der Waals surface area contributed by atoms with Crippen LogP contribution in [0.4, 0.5) is 4.79 Å². The van der Waals surface area contributed by atoms with Crippen molar-refractivity contribution < 1.29 is 63.5 Å². The number of hydrogen-bond acceptors (Lipinski definition) is 16. The van der Waals surface area contributed by atoms with Crippen molar-refractivity contribution in [2.45, 2.75) is 139 Å². The van der Waals surface area contributed by atoms with E-state index in [1.54, 1.807) is 75.5 Å². The number of rotatable bonds is 18. The molecule has 79 heavy (non-hydrogen) atoms. The SMILES string of the molecule is C[C@@H](O)[C@@H]1NC(=O)[C@H](CCCCNC(=O)OC(C)(C)C)NC(=O)[C@@H](Cc2c[nH]c3ccccc23)NC(=O)[C@@H](Cc2ccc(O)cc2)NC(=O)[C@@H](NC(=O)[C@H](N)Cc2ccccc2)CSSC[C@@H](C(=O)N[C@H](CO)[C@@H](C)O)NC1=O. The zero-order chi connectivity index (χ0) is 57.8. The van der Waals surface area contributed by atoms with Crippen LogP contribution in [0.25, 0.3) is 10.9 Å². The van der Waals surface area contributed by atoms with Crippen molar-refractivity contribution in [2.75, 3.05) is 24.7 Å². The first-order valence-corrected chi connectivity index (χ1v) is 28.4. The van der Waals surface area contributed by atoms with E-state index in [1.807, 2.05) is 18.2 Å². The Kier molecular flexibility index (Phi) is 24.3. The van der Waals surface area contributed by atoms with E-state index in [0.717, 1.165) is 32.7 Å². The highest BCUT2D eigenvalue weighted by Crippen LogP contribution is 2.25. The number of phenols is 1. The van der Waals surface area contributed by atoms with Gasteiger partial charge in [0.2, 0.25) is 41.4 Å². The number of carbonyl (C=O) groups excluding carboxylic acids is 8. The van der Waals surface area contributed by atoms with Crippen molar-refractivity contribution in [1.29, 1.82) is 0 Å². The van der Waals surface area contributed by atoms with Crippen molar-refractivity contribution in [3.8, 4) is 5.75 Å². The van der Waals surface area contributed by atoms with E-state index in [9.17, 15) is 58.8 Å². The largest absolute Gasteiger partial charge is 0.508 e. The molecule has 1 aliphatic rings. The summed E-state index contributed by atoms with van der Waals surface area (Å²) in [6, 6.07) is 10.8. The van der Waals surface area contributed by atoms with E-state index in [4.69, 9.17) is 10.5 Å². The number of para-hydroxylation sites is 1. The molecule has 10 atom stereocenters. The Balaban J connectivity index is 1.57. The van der Waals surface area contributed by atoms with Crippen LogP contribution in [-0.4, -0.2) is 164 Å². The van der Waals surface area contributed by atoms with Crippen LogP contribution in [0, 0.1) is 0 Å². The highest BCUT2D eigenvalue weighted by atomic mass is 33.1. The van der Waals surface area contributed by atoms with Crippen LogP contribution in [0.5, 0.6) is 5.75 Å². The summed E-state index contributed by atoms with van der Waals surface area (Å²) >= 11 is 0. The number of aromatic hydroxyl groups is 1. The molecule has 0 bridgehead atoms. The minimum absolute atomic E-state index is 0.0684. The van der Waals surface area contributed by atoms with Gasteiger partial charge in [-0.3, -0.25) is 33.6 Å². The smallest absolute Gasteiger partial charge is 0.407 e. The number of fused-ring (bicyclic) bond motifs is 1. The fourth-order valence-corrected chi connectivity index (χ4v) is 10.6. The summed E-state index contributed by atoms with van der Waals surface area (Å²) in [6.45, 7) is 7.10. The van der Waals surface area contributed by atoms with Crippen LogP contribution < -0.4 is 48.3 Å². The van der Waals surface area contributed by atoms with Gasteiger partial charge in [-0.2, -0.15) is 0 Å². The molecule has 1 aliphatic heterocycles. The van der Waals surface area contributed by atoms with Crippen molar-refractivity contribution >= 4 is 79.9 Å². The molecule has 0 radical (unpaired) electrons. The number of aliphatic hydroxyl groups is 3. The fraction of sp³-hybridized carbons (Fsp3) is 0.481. The molecule has 2 heterocycles. The Morgan fingerprint density at radius 2 is 1.37 bits per heavy atom. The molecule has 1 aromatic heterocycles. The average Bonchev–Trinajstić information content (AvgIpc) is 3.87. The molecule has 0 aliphatic carbocycles. The summed E-state index contributed by atoms with van der Waals surface area (Å²) in [5, 5.41) is 63.3. The number of aliphatic hydroxyl groups excluding tert-OH is 3. The minimum Gasteiger partial charge on any atom is -0.508 e. The van der Waals surface area contributed by atoms with Crippen molar-refractivity contribution in [1.82, 2.24) is 47.5 Å². The van der Waals surface area contributed by atoms with Crippen molar-refractivity contribution in [2.24, 2.45) is 5.73 Å². The number of carbonyl (C=O) groups is 8. The Hall–Kier alpha value is -6.90. The van der Waals surface area contributed by atoms with E-state index in [-0.39, 0.29) is 62.3 Å². The molecule has 430 valence electrons. The predicted molar refractivity (Wildman–Crippen MR) is 299 cm³/mol. The molecule has 1 fully saturated rings. The second kappa shape index (κ2) is 30.5. The van der Waals surface area contributed by atoms with Gasteiger partial charge in [-0.05, 0) is 95.2 Å². The maximum atomic E-state index is 14.9. The topological polar surface area (TPSA) is 365 Å². The predicted octanol–water partition coefficient (Wildman–Crippen LogP) is 0.466. The number of aromatic amines is 1. The molecule has 3 aromatic carbocycles. The first-order valence-electron chi connectivity index (χ1n) is 25.9. The van der Waals surface area contributed by atoms with Gasteiger partial charge in [0.1, 0.15) is 47.6 Å². The molecule has 0 spiro atoms. The van der Waals surface area contributed by atoms with Crippen LogP contribution in [0.2, 0.25) is 0 Å². The summed E-state index contributed by atoms with van der Waals surface area (Å²) in [5.74, 6) is -6.65. The summed E-state index contributed by atoms with van der Waals surface area (Å²) in [5.41, 5.74) is 8.15. The van der Waals surface area contributed by atoms with E-state index in [0.29, 0.717) is 16.5 Å². The zero-order valence-corrected chi connectivity index (χ0v) is 46.4. The summed E-state index contributed by atoms with van der Waals surface area (Å²) in [6.07, 6.45) is -1.70. The van der Waals surface area contributed by atoms with Gasteiger partial charge in [0, 0.05) is 48.0 Å². The third-order valence-electron chi connectivity index (χ3n) is 12.6. The first-order chi connectivity index (χ1) is 37.5. The number of aromatic nitrogens is 1. The number of phenolic OH excluding ortho intramolecular Hbond substituents is 1. The van der Waals surface area contributed by atoms with Gasteiger partial charge < -0.3 is 78.4 Å². The minimum atomic E-state index is -1.74. The van der Waals surface area contributed by atoms with Crippen LogP contribution in [0.1, 0.15) is 70.6 Å². The quantitative estimate of drug-likeness (QED) is 0.0476. The first kappa shape index (κ1) is 62.9. The normalized spacial score (nSPS) is 21.8. The molecule has 0 saturated carbocycles. The second-order valence-electron chi connectivity index (χ2n) is 20.3. The third kappa shape index (κ3) is 20.4. The molecule has 0 unspecified atom stereocenters. The van der Waals surface area contributed by atoms with E-state index in [2.05, 4.69) is 47.5 Å². The molecule has 25 heteroatoms. The Labute approximate surface area is 466 Å². The zero-order valence-electron chi connectivity index (χ0n) is 44.8. The molecule has 5 rings (SSSR count). The lowest BCUT2D eigenvalue weighted by Crippen LogP contribution is -2.62. The second-order valence-corrected chi connectivity index (χ2v) is 22.8. The molecule has 15 N–H and O–H groups in total. The van der Waals surface area contributed by atoms with Crippen molar-refractivity contribution in [3.63, 3.8) is 0 Å². The number of nitrogens with two attached hydrogens (primary N) is 1. The number of alkyl carbamates (subject to hydrolysis) is 1. The summed E-state index contributed by atoms with van der Waals surface area (Å²) in [4.78, 5) is 116. The van der Waals surface area contributed by atoms with Gasteiger partial charge in [-0.25, -0.2) is 4.79 Å². The molecule has 1 saturated heterocycles. The highest BCUT2D eigenvalue weighted by Gasteiger charge is 2.37. The van der Waals surface area contributed by atoms with Gasteiger partial charge in [-0.15, -0.1) is 0 Å². The number of H-pyrrole nitrogens is 1. The van der Waals surface area contributed by atoms with E-state index < -0.39 is 120 Å². The van der Waals surface area contributed by atoms with Crippen LogP contribution in [0.3, 0.4) is 0 Å². The van der Waals surface area contributed by atoms with Gasteiger partial charge in [0.25, 0.3) is 0 Å². The highest BCUT2D eigenvalue weighted by molar-refractivity contribution is 8.76. The Bertz CT molecular complexity index is 2690. The lowest BCUT2D eigenvalue weighted by atomic mass is 10.0. The van der Waals surface area contributed by atoms with Crippen LogP contribution in [-0.2, 0) is 57.6 Å². The van der Waals surface area contributed by atoms with E-state index in [1.165, 1.54) is 26.0 Å². The van der Waals surface area contributed by atoms with Gasteiger partial charge >= 0.3 is 6.09 Å². The average molecular weight is 1140 g/mol. The summed E-state index contributed by atoms with van der Waals surface area (Å²) in [7, 11) is 1.98.